The van der Waals surface area contributed by atoms with Gasteiger partial charge in [0.25, 0.3) is 0 Å². The molecular formula is C20H15N5OS. The second kappa shape index (κ2) is 6.21. The summed E-state index contributed by atoms with van der Waals surface area (Å²) in [5, 5.41) is 15.9. The molecule has 0 radical (unpaired) electrons. The van der Waals surface area contributed by atoms with Crippen molar-refractivity contribution in [3.8, 4) is 17.1 Å². The smallest absolute Gasteiger partial charge is 0.218 e. The Kier molecular flexibility index (Phi) is 3.68. The Labute approximate surface area is 159 Å². The zero-order valence-corrected chi connectivity index (χ0v) is 15.6. The van der Waals surface area contributed by atoms with Crippen molar-refractivity contribution < 1.29 is 4.74 Å². The van der Waals surface area contributed by atoms with E-state index in [1.165, 1.54) is 17.3 Å². The number of fused-ring (bicyclic) bond motifs is 3. The second-order valence-corrected chi connectivity index (χ2v) is 7.23. The van der Waals surface area contributed by atoms with Crippen LogP contribution in [0.5, 0.6) is 5.75 Å². The number of pyridine rings is 1. The van der Waals surface area contributed by atoms with E-state index in [4.69, 9.17) is 9.72 Å². The number of aromatic nitrogens is 4. The summed E-state index contributed by atoms with van der Waals surface area (Å²) < 4.78 is 6.98. The normalized spacial score (nSPS) is 12.5. The predicted molar refractivity (Wildman–Crippen MR) is 106 cm³/mol. The molecule has 6 nitrogen and oxygen atoms in total. The molecule has 2 aromatic carbocycles. The number of hydrogen-bond donors (Lipinski definition) is 0. The van der Waals surface area contributed by atoms with Crippen molar-refractivity contribution >= 4 is 28.9 Å². The van der Waals surface area contributed by atoms with E-state index in [0.29, 0.717) is 11.0 Å². The van der Waals surface area contributed by atoms with E-state index >= 15 is 0 Å². The highest BCUT2D eigenvalue weighted by Gasteiger charge is 2.20. The summed E-state index contributed by atoms with van der Waals surface area (Å²) in [5.74, 6) is 1.48. The van der Waals surface area contributed by atoms with Crippen LogP contribution in [-0.2, 0) is 0 Å². The van der Waals surface area contributed by atoms with Gasteiger partial charge in [0, 0.05) is 16.5 Å². The summed E-state index contributed by atoms with van der Waals surface area (Å²) in [5.41, 5.74) is 4.07. The fourth-order valence-electron chi connectivity index (χ4n) is 3.03. The number of methoxy groups -OCH3 is 1. The molecule has 1 aliphatic heterocycles. The van der Waals surface area contributed by atoms with Gasteiger partial charge in [0.15, 0.2) is 5.82 Å². The van der Waals surface area contributed by atoms with Crippen LogP contribution in [0.15, 0.2) is 63.8 Å². The first-order valence-corrected chi connectivity index (χ1v) is 9.26. The minimum absolute atomic E-state index is 0.685. The summed E-state index contributed by atoms with van der Waals surface area (Å²) in [4.78, 5) is 4.79. The molecule has 0 saturated heterocycles. The lowest BCUT2D eigenvalue weighted by Crippen LogP contribution is -1.94. The predicted octanol–water partition coefficient (Wildman–Crippen LogP) is 4.16. The molecule has 3 heterocycles. The minimum atomic E-state index is 0.685. The first kappa shape index (κ1) is 16.0. The second-order valence-electron chi connectivity index (χ2n) is 6.27. The van der Waals surface area contributed by atoms with Crippen molar-refractivity contribution in [3.63, 3.8) is 0 Å². The van der Waals surface area contributed by atoms with Gasteiger partial charge in [0.2, 0.25) is 5.16 Å². The fourth-order valence-corrected chi connectivity index (χ4v) is 3.88. The van der Waals surface area contributed by atoms with Crippen LogP contribution >= 0.6 is 11.8 Å². The Hall–Kier alpha value is -3.19. The maximum absolute atomic E-state index is 5.22. The maximum Gasteiger partial charge on any atom is 0.218 e. The molecule has 0 fully saturated rings. The van der Waals surface area contributed by atoms with Crippen LogP contribution < -0.4 is 4.74 Å². The van der Waals surface area contributed by atoms with Gasteiger partial charge >= 0.3 is 0 Å². The van der Waals surface area contributed by atoms with Gasteiger partial charge in [-0.15, -0.1) is 10.2 Å². The first-order chi connectivity index (χ1) is 13.2. The van der Waals surface area contributed by atoms with Crippen LogP contribution in [0.4, 0.5) is 0 Å². The Morgan fingerprint density at radius 3 is 2.67 bits per heavy atom. The van der Waals surface area contributed by atoms with Crippen LogP contribution in [-0.4, -0.2) is 33.2 Å². The number of rotatable bonds is 2. The van der Waals surface area contributed by atoms with E-state index in [0.717, 1.165) is 32.8 Å². The van der Waals surface area contributed by atoms with Crippen molar-refractivity contribution in [2.45, 2.75) is 17.1 Å². The third-order valence-corrected chi connectivity index (χ3v) is 5.38. The average molecular weight is 373 g/mol. The topological polar surface area (TPSA) is 65.2 Å². The van der Waals surface area contributed by atoms with Crippen LogP contribution in [0.1, 0.15) is 11.1 Å². The van der Waals surface area contributed by atoms with Gasteiger partial charge in [0.05, 0.1) is 18.8 Å². The van der Waals surface area contributed by atoms with Crippen molar-refractivity contribution in [1.29, 1.82) is 0 Å². The average Bonchev–Trinajstić information content (AvgIpc) is 3.00. The summed E-state index contributed by atoms with van der Waals surface area (Å²) in [7, 11) is 1.65. The molecule has 0 aliphatic carbocycles. The number of aryl methyl sites for hydroxylation is 1. The Balaban J connectivity index is 1.60. The lowest BCUT2D eigenvalue weighted by atomic mass is 10.1. The largest absolute Gasteiger partial charge is 0.497 e. The molecule has 0 saturated carbocycles. The highest BCUT2D eigenvalue weighted by molar-refractivity contribution is 7.99. The molecule has 0 atom stereocenters. The first-order valence-electron chi connectivity index (χ1n) is 8.45. The summed E-state index contributed by atoms with van der Waals surface area (Å²) in [6.07, 6.45) is 1.82. The Bertz CT molecular complexity index is 1200. The molecule has 4 aromatic rings. The minimum Gasteiger partial charge on any atom is -0.497 e. The molecule has 0 spiro atoms. The third kappa shape index (κ3) is 2.76. The zero-order valence-electron chi connectivity index (χ0n) is 14.7. The molecule has 0 N–H and O–H groups in total. The molecule has 5 rings (SSSR count). The van der Waals surface area contributed by atoms with Crippen LogP contribution in [0.3, 0.4) is 0 Å². The SMILES string of the molecule is COc1ccc(-c2nnc3n2N=Cc2cc4cc(C)ccc4nc2S3)cc1. The van der Waals surface area contributed by atoms with Crippen LogP contribution in [0.25, 0.3) is 22.3 Å². The Morgan fingerprint density at radius 2 is 1.85 bits per heavy atom. The standard InChI is InChI=1S/C20H15N5OS/c1-12-3-8-17-14(9-12)10-15-11-21-25-18(13-4-6-16(26-2)7-5-13)23-24-20(25)27-19(15)22-17/h3-11H,1-2H3. The fraction of sp³-hybridized carbons (Fsp3) is 0.100. The third-order valence-electron chi connectivity index (χ3n) is 4.42. The highest BCUT2D eigenvalue weighted by Crippen LogP contribution is 2.34. The van der Waals surface area contributed by atoms with E-state index < -0.39 is 0 Å². The number of nitrogens with zero attached hydrogens (tertiary/aromatic N) is 5. The molecule has 27 heavy (non-hydrogen) atoms. The van der Waals surface area contributed by atoms with Gasteiger partial charge in [-0.3, -0.25) is 0 Å². The van der Waals surface area contributed by atoms with Gasteiger partial charge in [0.1, 0.15) is 10.8 Å². The zero-order chi connectivity index (χ0) is 18.4. The van der Waals surface area contributed by atoms with Crippen molar-refractivity contribution in [1.82, 2.24) is 19.9 Å². The van der Waals surface area contributed by atoms with Gasteiger partial charge < -0.3 is 4.74 Å². The van der Waals surface area contributed by atoms with Gasteiger partial charge in [-0.1, -0.05) is 11.6 Å². The molecule has 132 valence electrons. The number of ether oxygens (including phenoxy) is 1. The molecule has 0 amide bonds. The molecule has 0 bridgehead atoms. The molecule has 0 unspecified atom stereocenters. The van der Waals surface area contributed by atoms with Gasteiger partial charge in [-0.25, -0.2) is 4.98 Å². The van der Waals surface area contributed by atoms with E-state index in [-0.39, 0.29) is 0 Å². The lowest BCUT2D eigenvalue weighted by molar-refractivity contribution is 0.415. The molecule has 7 heteroatoms. The van der Waals surface area contributed by atoms with Crippen LogP contribution in [0.2, 0.25) is 0 Å². The van der Waals surface area contributed by atoms with E-state index in [9.17, 15) is 0 Å². The summed E-state index contributed by atoms with van der Waals surface area (Å²) >= 11 is 1.47. The van der Waals surface area contributed by atoms with Crippen molar-refractivity contribution in [2.75, 3.05) is 7.11 Å². The summed E-state index contributed by atoms with van der Waals surface area (Å²) in [6.45, 7) is 2.08. The van der Waals surface area contributed by atoms with E-state index in [2.05, 4.69) is 40.4 Å². The Morgan fingerprint density at radius 1 is 1.00 bits per heavy atom. The molecule has 2 aromatic heterocycles. The van der Waals surface area contributed by atoms with Gasteiger partial charge in [-0.2, -0.15) is 9.78 Å². The van der Waals surface area contributed by atoms with Gasteiger partial charge in [-0.05, 0) is 61.2 Å². The lowest BCUT2D eigenvalue weighted by Gasteiger charge is -2.04. The van der Waals surface area contributed by atoms with Crippen molar-refractivity contribution in [3.05, 3.63) is 59.7 Å². The van der Waals surface area contributed by atoms with Crippen LogP contribution in [0, 0.1) is 6.92 Å². The monoisotopic (exact) mass is 373 g/mol. The van der Waals surface area contributed by atoms with Crippen molar-refractivity contribution in [2.24, 2.45) is 5.10 Å². The highest BCUT2D eigenvalue weighted by atomic mass is 32.2. The number of benzene rings is 2. The van der Waals surface area contributed by atoms with E-state index in [1.54, 1.807) is 11.8 Å². The summed E-state index contributed by atoms with van der Waals surface area (Å²) in [6, 6.07) is 16.1. The molecular weight excluding hydrogens is 358 g/mol. The maximum atomic E-state index is 5.22. The molecule has 1 aliphatic rings. The van der Waals surface area contributed by atoms with E-state index in [1.807, 2.05) is 36.5 Å². The quantitative estimate of drug-likeness (QED) is 0.465. The number of hydrogen-bond acceptors (Lipinski definition) is 6.